The maximum Gasteiger partial charge on any atom is 0.468 e. The first-order valence-corrected chi connectivity index (χ1v) is 3.17. The van der Waals surface area contributed by atoms with Crippen molar-refractivity contribution in [1.29, 1.82) is 0 Å². The predicted octanol–water partition coefficient (Wildman–Crippen LogP) is 0.564. The van der Waals surface area contributed by atoms with Gasteiger partial charge in [-0.2, -0.15) is 0 Å². The van der Waals surface area contributed by atoms with Crippen molar-refractivity contribution in [2.75, 3.05) is 0 Å². The monoisotopic (exact) mass is 152 g/mol. The summed E-state index contributed by atoms with van der Waals surface area (Å²) < 4.78 is 23.2. The summed E-state index contributed by atoms with van der Waals surface area (Å²) in [6, 6.07) is 0. The summed E-state index contributed by atoms with van der Waals surface area (Å²) in [5, 5.41) is 8.04. The number of hydrogen-bond donors (Lipinski definition) is 1. The fourth-order valence-corrected chi connectivity index (χ4v) is 0.523. The largest absolute Gasteiger partial charge is 0.479 e. The van der Waals surface area contributed by atoms with Crippen LogP contribution >= 0.6 is 7.91 Å². The van der Waals surface area contributed by atoms with Crippen molar-refractivity contribution in [2.24, 2.45) is 0 Å². The second-order valence-electron chi connectivity index (χ2n) is 1.31. The van der Waals surface area contributed by atoms with Crippen molar-refractivity contribution in [3.05, 3.63) is 0 Å². The quantitative estimate of drug-likeness (QED) is 0.597. The Morgan fingerprint density at radius 2 is 2.11 bits per heavy atom. The molecule has 1 N–H and O–H groups in total. The minimum atomic E-state index is -3.05. The second kappa shape index (κ2) is 3.37. The Morgan fingerprint density at radius 3 is 2.22 bits per heavy atom. The normalized spacial score (nSPS) is 12.6. The molecule has 0 heterocycles. The van der Waals surface area contributed by atoms with Gasteiger partial charge in [0.2, 0.25) is 0 Å². The second-order valence-corrected chi connectivity index (χ2v) is 1.97. The maximum absolute atomic E-state index is 9.84. The molecular weight excluding hydrogens is 147 g/mol. The van der Waals surface area contributed by atoms with E-state index in [1.165, 1.54) is 0 Å². The third-order valence-electron chi connectivity index (χ3n) is 0.592. The Hall–Kier alpha value is -0.670. The third kappa shape index (κ3) is 3.88. The van der Waals surface area contributed by atoms with Crippen LogP contribution in [0.4, 0.5) is 0 Å². The number of aliphatic carboxylic acids is 1. The highest BCUT2D eigenvalue weighted by atomic mass is 31.1. The summed E-state index contributed by atoms with van der Waals surface area (Å²) in [4.78, 5) is 9.84. The lowest BCUT2D eigenvalue weighted by Gasteiger charge is -1.96. The van der Waals surface area contributed by atoms with Gasteiger partial charge in [0, 0.05) is 0 Å². The van der Waals surface area contributed by atoms with Gasteiger partial charge < -0.3 is 5.11 Å². The molecule has 0 aromatic rings. The Balaban J connectivity index is 3.77. The number of carboxylic acids is 1. The fourth-order valence-electron chi connectivity index (χ4n) is 0.174. The van der Waals surface area contributed by atoms with Crippen LogP contribution in [0.1, 0.15) is 6.92 Å². The molecular formula is C3H5O5P. The topological polar surface area (TPSA) is 80.7 Å². The summed E-state index contributed by atoms with van der Waals surface area (Å²) in [7, 11) is -3.05. The van der Waals surface area contributed by atoms with Crippen molar-refractivity contribution < 1.29 is 23.6 Å². The van der Waals surface area contributed by atoms with E-state index in [1.54, 1.807) is 0 Å². The predicted molar refractivity (Wildman–Crippen MR) is 26.5 cm³/mol. The van der Waals surface area contributed by atoms with Crippen LogP contribution in [0.5, 0.6) is 0 Å². The van der Waals surface area contributed by atoms with Gasteiger partial charge in [-0.15, -0.1) is 0 Å². The van der Waals surface area contributed by atoms with Crippen LogP contribution in [0.2, 0.25) is 0 Å². The van der Waals surface area contributed by atoms with Crippen molar-refractivity contribution in [2.45, 2.75) is 13.0 Å². The molecule has 5 nitrogen and oxygen atoms in total. The smallest absolute Gasteiger partial charge is 0.468 e. The van der Waals surface area contributed by atoms with Gasteiger partial charge in [0.25, 0.3) is 0 Å². The average molecular weight is 152 g/mol. The Morgan fingerprint density at radius 1 is 1.67 bits per heavy atom. The molecule has 1 unspecified atom stereocenters. The van der Waals surface area contributed by atoms with Crippen LogP contribution in [0.25, 0.3) is 0 Å². The summed E-state index contributed by atoms with van der Waals surface area (Å²) >= 11 is 0. The number of carbonyl (C=O) groups is 1. The molecule has 1 atom stereocenters. The molecule has 0 aliphatic heterocycles. The van der Waals surface area contributed by atoms with Gasteiger partial charge in [-0.1, -0.05) is 0 Å². The molecule has 0 aromatic heterocycles. The van der Waals surface area contributed by atoms with Gasteiger partial charge in [-0.25, -0.2) is 13.9 Å². The van der Waals surface area contributed by atoms with Crippen molar-refractivity contribution in [3.8, 4) is 0 Å². The molecule has 9 heavy (non-hydrogen) atoms. The minimum Gasteiger partial charge on any atom is -0.479 e. The van der Waals surface area contributed by atoms with Crippen LogP contribution < -0.4 is 0 Å². The zero-order chi connectivity index (χ0) is 7.44. The molecule has 0 saturated heterocycles. The first kappa shape index (κ1) is 8.33. The van der Waals surface area contributed by atoms with Crippen molar-refractivity contribution in [3.63, 3.8) is 0 Å². The maximum atomic E-state index is 9.84. The van der Waals surface area contributed by atoms with Gasteiger partial charge >= 0.3 is 13.9 Å². The number of rotatable bonds is 3. The van der Waals surface area contributed by atoms with Gasteiger partial charge in [0.05, 0.1) is 0 Å². The molecule has 0 aliphatic carbocycles. The van der Waals surface area contributed by atoms with Crippen molar-refractivity contribution in [1.82, 2.24) is 0 Å². The first-order valence-electron chi connectivity index (χ1n) is 2.08. The van der Waals surface area contributed by atoms with Crippen molar-refractivity contribution >= 4 is 13.9 Å². The lowest BCUT2D eigenvalue weighted by Crippen LogP contribution is -2.15. The zero-order valence-corrected chi connectivity index (χ0v) is 5.50. The molecule has 6 heteroatoms. The molecule has 0 spiro atoms. The first-order chi connectivity index (χ1) is 4.04. The Labute approximate surface area is 51.5 Å². The van der Waals surface area contributed by atoms with E-state index in [-0.39, 0.29) is 0 Å². The average Bonchev–Trinajstić information content (AvgIpc) is 1.63. The summed E-state index contributed by atoms with van der Waals surface area (Å²) in [6.45, 7) is 1.13. The molecule has 0 rings (SSSR count). The van der Waals surface area contributed by atoms with E-state index in [2.05, 4.69) is 4.52 Å². The van der Waals surface area contributed by atoms with E-state index >= 15 is 0 Å². The lowest BCUT2D eigenvalue weighted by molar-refractivity contribution is -0.144. The minimum absolute atomic E-state index is 1.13. The zero-order valence-electron chi connectivity index (χ0n) is 4.60. The Kier molecular flexibility index (Phi) is 3.12. The Bertz CT molecular complexity index is 163. The molecule has 0 aromatic carbocycles. The highest BCUT2D eigenvalue weighted by molar-refractivity contribution is 7.24. The van der Waals surface area contributed by atoms with Crippen LogP contribution in [0, 0.1) is 0 Å². The van der Waals surface area contributed by atoms with Gasteiger partial charge in [-0.05, 0) is 6.92 Å². The van der Waals surface area contributed by atoms with E-state index in [0.717, 1.165) is 6.92 Å². The molecule has 0 saturated carbocycles. The fraction of sp³-hybridized carbons (Fsp3) is 0.667. The third-order valence-corrected chi connectivity index (χ3v) is 1.08. The van der Waals surface area contributed by atoms with Crippen LogP contribution in [-0.2, 0) is 18.4 Å². The van der Waals surface area contributed by atoms with E-state index in [4.69, 9.17) is 5.11 Å². The number of carboxylic acid groups (broad SMARTS) is 1. The summed E-state index contributed by atoms with van der Waals surface area (Å²) in [5.74, 6) is -1.30. The highest BCUT2D eigenvalue weighted by Crippen LogP contribution is 2.08. The molecule has 0 aliphatic rings. The van der Waals surface area contributed by atoms with E-state index < -0.39 is 20.0 Å². The van der Waals surface area contributed by atoms with Crippen LogP contribution in [0.15, 0.2) is 0 Å². The summed E-state index contributed by atoms with van der Waals surface area (Å²) in [5.41, 5.74) is 0. The lowest BCUT2D eigenvalue weighted by atomic mass is 10.4. The van der Waals surface area contributed by atoms with Gasteiger partial charge in [0.1, 0.15) is 0 Å². The molecule has 0 amide bonds. The molecule has 0 radical (unpaired) electrons. The summed E-state index contributed by atoms with van der Waals surface area (Å²) in [6.07, 6.45) is -1.29. The van der Waals surface area contributed by atoms with Crippen LogP contribution in [-0.4, -0.2) is 17.2 Å². The van der Waals surface area contributed by atoms with E-state index in [0.29, 0.717) is 0 Å². The molecule has 0 bridgehead atoms. The van der Waals surface area contributed by atoms with Gasteiger partial charge in [0.15, 0.2) is 6.10 Å². The molecule has 0 fully saturated rings. The van der Waals surface area contributed by atoms with Gasteiger partial charge in [-0.3, -0.25) is 4.52 Å². The highest BCUT2D eigenvalue weighted by Gasteiger charge is 2.12. The van der Waals surface area contributed by atoms with Crippen LogP contribution in [0.3, 0.4) is 0 Å². The molecule has 52 valence electrons. The van der Waals surface area contributed by atoms with E-state index in [1.807, 2.05) is 0 Å². The number of hydrogen-bond acceptors (Lipinski definition) is 4. The standard InChI is InChI=1S/C3H5O5P/c1-2(3(4)5)8-9(6)7/h2H,1H3,(H,4,5). The van der Waals surface area contributed by atoms with E-state index in [9.17, 15) is 13.9 Å². The SMILES string of the molecule is CC(OP(=O)=O)C(=O)O.